The van der Waals surface area contributed by atoms with Gasteiger partial charge in [-0.2, -0.15) is 0 Å². The van der Waals surface area contributed by atoms with Crippen molar-refractivity contribution >= 4 is 18.6 Å². The lowest BCUT2D eigenvalue weighted by Gasteiger charge is -2.20. The van der Waals surface area contributed by atoms with Crippen molar-refractivity contribution in [2.45, 2.75) is 32.3 Å². The highest BCUT2D eigenvalue weighted by Gasteiger charge is 2.13. The molecule has 2 aromatic carbocycles. The number of phosphoric acid groups is 1. The Balaban J connectivity index is 1.63. The molecule has 1 atom stereocenters. The summed E-state index contributed by atoms with van der Waals surface area (Å²) < 4.78 is 37.4. The number of ether oxygens (including phenoxy) is 4. The molecule has 0 fully saturated rings. The molecule has 0 radical (unpaired) electrons. The maximum absolute atomic E-state index is 10.5. The minimum absolute atomic E-state index is 0.0249. The predicted molar refractivity (Wildman–Crippen MR) is 118 cm³/mol. The van der Waals surface area contributed by atoms with Crippen molar-refractivity contribution in [1.29, 1.82) is 0 Å². The smallest absolute Gasteiger partial charge is 0.469 e. The van der Waals surface area contributed by atoms with Gasteiger partial charge in [0.15, 0.2) is 0 Å². The molecule has 2 aromatic rings. The van der Waals surface area contributed by atoms with Gasteiger partial charge in [-0.3, -0.25) is 4.52 Å². The third kappa shape index (κ3) is 11.1. The van der Waals surface area contributed by atoms with Gasteiger partial charge in [0.25, 0.3) is 0 Å². The number of hydrogen-bond donors (Lipinski definition) is 2. The molecule has 0 aliphatic heterocycles. The van der Waals surface area contributed by atoms with Gasteiger partial charge in [0.2, 0.25) is 0 Å². The number of hydrogen-bond acceptors (Lipinski definition) is 6. The van der Waals surface area contributed by atoms with Gasteiger partial charge in [0.1, 0.15) is 11.9 Å². The van der Waals surface area contributed by atoms with E-state index in [2.05, 4.69) is 29.6 Å². The quantitative estimate of drug-likeness (QED) is 0.273. The van der Waals surface area contributed by atoms with Crippen LogP contribution in [0.1, 0.15) is 26.2 Å². The SMILES string of the molecule is CCCCC(COCCOCCOCCOP(=O)(O)O)Oc1cccc2ccccc12. The van der Waals surface area contributed by atoms with Crippen LogP contribution in [0.5, 0.6) is 5.75 Å². The Hall–Kier alpha value is -1.51. The zero-order valence-electron chi connectivity index (χ0n) is 18.0. The molecule has 2 rings (SSSR count). The fraction of sp³-hybridized carbons (Fsp3) is 0.545. The summed E-state index contributed by atoms with van der Waals surface area (Å²) in [5.41, 5.74) is 0. The first-order valence-corrected chi connectivity index (χ1v) is 12.1. The van der Waals surface area contributed by atoms with Gasteiger partial charge in [-0.25, -0.2) is 4.57 Å². The maximum Gasteiger partial charge on any atom is 0.469 e. The van der Waals surface area contributed by atoms with E-state index in [-0.39, 0.29) is 19.3 Å². The average molecular weight is 456 g/mol. The first-order valence-electron chi connectivity index (χ1n) is 10.6. The average Bonchev–Trinajstić information content (AvgIpc) is 2.75. The van der Waals surface area contributed by atoms with Crippen molar-refractivity contribution in [3.05, 3.63) is 42.5 Å². The molecule has 0 aromatic heterocycles. The van der Waals surface area contributed by atoms with Crippen molar-refractivity contribution < 1.29 is 37.8 Å². The van der Waals surface area contributed by atoms with Gasteiger partial charge < -0.3 is 28.7 Å². The van der Waals surface area contributed by atoms with Crippen LogP contribution >= 0.6 is 7.82 Å². The third-order valence-corrected chi connectivity index (χ3v) is 4.98. The zero-order chi connectivity index (χ0) is 22.4. The molecule has 0 amide bonds. The summed E-state index contributed by atoms with van der Waals surface area (Å²) in [5, 5.41) is 2.25. The predicted octanol–water partition coefficient (Wildman–Crippen LogP) is 3.94. The van der Waals surface area contributed by atoms with Crippen molar-refractivity contribution in [1.82, 2.24) is 0 Å². The second-order valence-electron chi connectivity index (χ2n) is 6.98. The molecule has 8 nitrogen and oxygen atoms in total. The van der Waals surface area contributed by atoms with Crippen LogP contribution in [0.15, 0.2) is 42.5 Å². The Bertz CT molecular complexity index is 789. The van der Waals surface area contributed by atoms with E-state index < -0.39 is 7.82 Å². The molecule has 0 saturated carbocycles. The van der Waals surface area contributed by atoms with Crippen LogP contribution in [0.2, 0.25) is 0 Å². The van der Waals surface area contributed by atoms with E-state index in [9.17, 15) is 4.57 Å². The molecular formula is C22H33O8P. The number of fused-ring (bicyclic) bond motifs is 1. The second-order valence-corrected chi connectivity index (χ2v) is 8.22. The van der Waals surface area contributed by atoms with E-state index in [0.29, 0.717) is 33.0 Å². The largest absolute Gasteiger partial charge is 0.487 e. The van der Waals surface area contributed by atoms with Crippen molar-refractivity contribution in [2.75, 3.05) is 46.2 Å². The topological polar surface area (TPSA) is 104 Å². The van der Waals surface area contributed by atoms with E-state index in [4.69, 9.17) is 28.7 Å². The minimum Gasteiger partial charge on any atom is -0.487 e. The molecule has 0 bridgehead atoms. The van der Waals surface area contributed by atoms with Gasteiger partial charge in [-0.05, 0) is 24.3 Å². The molecule has 0 heterocycles. The van der Waals surface area contributed by atoms with Gasteiger partial charge in [-0.1, -0.05) is 49.7 Å². The summed E-state index contributed by atoms with van der Waals surface area (Å²) in [5.74, 6) is 0.874. The summed E-state index contributed by atoms with van der Waals surface area (Å²) >= 11 is 0. The highest BCUT2D eigenvalue weighted by molar-refractivity contribution is 7.46. The molecule has 1 unspecified atom stereocenters. The van der Waals surface area contributed by atoms with Gasteiger partial charge in [0.05, 0.1) is 46.2 Å². The molecule has 31 heavy (non-hydrogen) atoms. The molecule has 0 spiro atoms. The molecule has 2 N–H and O–H groups in total. The van der Waals surface area contributed by atoms with Gasteiger partial charge in [-0.15, -0.1) is 0 Å². The lowest BCUT2D eigenvalue weighted by molar-refractivity contribution is -0.00929. The van der Waals surface area contributed by atoms with Crippen LogP contribution in [0.3, 0.4) is 0 Å². The summed E-state index contributed by atoms with van der Waals surface area (Å²) in [6, 6.07) is 14.2. The van der Waals surface area contributed by atoms with Crippen molar-refractivity contribution in [3.8, 4) is 5.75 Å². The van der Waals surface area contributed by atoms with E-state index in [0.717, 1.165) is 35.8 Å². The molecule has 0 saturated heterocycles. The first kappa shape index (κ1) is 25.7. The summed E-state index contributed by atoms with van der Waals surface area (Å²) in [7, 11) is -4.43. The lowest BCUT2D eigenvalue weighted by atomic mass is 10.1. The summed E-state index contributed by atoms with van der Waals surface area (Å²) in [6.07, 6.45) is 3.06. The van der Waals surface area contributed by atoms with E-state index in [1.807, 2.05) is 24.3 Å². The Morgan fingerprint density at radius 3 is 2.23 bits per heavy atom. The minimum atomic E-state index is -4.43. The maximum atomic E-state index is 10.5. The second kappa shape index (κ2) is 14.5. The van der Waals surface area contributed by atoms with Crippen LogP contribution in [0.25, 0.3) is 10.8 Å². The Morgan fingerprint density at radius 1 is 0.871 bits per heavy atom. The summed E-state index contributed by atoms with van der Waals surface area (Å²) in [4.78, 5) is 17.1. The molecule has 0 aliphatic carbocycles. The number of benzene rings is 2. The monoisotopic (exact) mass is 456 g/mol. The highest BCUT2D eigenvalue weighted by atomic mass is 31.2. The van der Waals surface area contributed by atoms with Crippen LogP contribution in [0.4, 0.5) is 0 Å². The van der Waals surface area contributed by atoms with Gasteiger partial charge in [0, 0.05) is 5.39 Å². The number of phosphoric ester groups is 1. The van der Waals surface area contributed by atoms with Crippen LogP contribution < -0.4 is 4.74 Å². The van der Waals surface area contributed by atoms with E-state index >= 15 is 0 Å². The number of unbranched alkanes of at least 4 members (excludes halogenated alkanes) is 1. The highest BCUT2D eigenvalue weighted by Crippen LogP contribution is 2.35. The third-order valence-electron chi connectivity index (χ3n) is 4.46. The van der Waals surface area contributed by atoms with E-state index in [1.54, 1.807) is 0 Å². The molecule has 174 valence electrons. The Kier molecular flexibility index (Phi) is 12.1. The van der Waals surface area contributed by atoms with Crippen LogP contribution in [-0.4, -0.2) is 62.1 Å². The summed E-state index contributed by atoms with van der Waals surface area (Å²) in [6.45, 7) is 4.13. The van der Waals surface area contributed by atoms with Gasteiger partial charge >= 0.3 is 7.82 Å². The van der Waals surface area contributed by atoms with E-state index in [1.165, 1.54) is 0 Å². The fourth-order valence-corrected chi connectivity index (χ4v) is 3.27. The fourth-order valence-electron chi connectivity index (χ4n) is 2.96. The normalized spacial score (nSPS) is 12.9. The molecule has 0 aliphatic rings. The first-order chi connectivity index (χ1) is 15.0. The number of rotatable bonds is 17. The zero-order valence-corrected chi connectivity index (χ0v) is 18.9. The van der Waals surface area contributed by atoms with Crippen LogP contribution in [-0.2, 0) is 23.3 Å². The lowest BCUT2D eigenvalue weighted by Crippen LogP contribution is -2.24. The molecular weight excluding hydrogens is 423 g/mol. The Morgan fingerprint density at radius 2 is 1.52 bits per heavy atom. The van der Waals surface area contributed by atoms with Crippen LogP contribution in [0, 0.1) is 0 Å². The standard InChI is InChI=1S/C22H33O8P/c1-2-3-9-20(30-22-11-6-8-19-7-4-5-10-21(19)22)18-28-15-14-26-12-13-27-16-17-29-31(23,24)25/h4-8,10-11,20H,2-3,9,12-18H2,1H3,(H2,23,24,25). The Labute approximate surface area is 183 Å². The van der Waals surface area contributed by atoms with Crippen molar-refractivity contribution in [3.63, 3.8) is 0 Å². The molecule has 9 heteroatoms. The van der Waals surface area contributed by atoms with Crippen molar-refractivity contribution in [2.24, 2.45) is 0 Å².